The zero-order valence-corrected chi connectivity index (χ0v) is 17.3. The van der Waals surface area contributed by atoms with Crippen LogP contribution in [0.4, 0.5) is 11.4 Å². The Labute approximate surface area is 183 Å². The zero-order valence-electron chi connectivity index (χ0n) is 17.3. The van der Waals surface area contributed by atoms with Crippen LogP contribution in [0.3, 0.4) is 0 Å². The van der Waals surface area contributed by atoms with E-state index in [0.717, 1.165) is 5.69 Å². The molecule has 0 aliphatic carbocycles. The van der Waals surface area contributed by atoms with E-state index in [9.17, 15) is 19.7 Å². The number of anilines is 1. The Bertz CT molecular complexity index is 1170. The Hall–Kier alpha value is -4.21. The van der Waals surface area contributed by atoms with Crippen LogP contribution < -0.4 is 9.64 Å². The van der Waals surface area contributed by atoms with E-state index in [4.69, 9.17) is 9.47 Å². The van der Waals surface area contributed by atoms with Crippen LogP contribution in [0.25, 0.3) is 5.69 Å². The topological polar surface area (TPSA) is 117 Å². The van der Waals surface area contributed by atoms with E-state index < -0.39 is 23.4 Å². The van der Waals surface area contributed by atoms with Crippen LogP contribution in [0.5, 0.6) is 5.75 Å². The molecule has 0 saturated heterocycles. The predicted octanol–water partition coefficient (Wildman–Crippen LogP) is 2.93. The maximum Gasteiger partial charge on any atom is 0.363 e. The molecule has 164 valence electrons. The Morgan fingerprint density at radius 3 is 2.69 bits per heavy atom. The first-order chi connectivity index (χ1) is 15.5. The van der Waals surface area contributed by atoms with Crippen LogP contribution in [0.15, 0.2) is 54.7 Å². The highest BCUT2D eigenvalue weighted by atomic mass is 16.6. The smallest absolute Gasteiger partial charge is 0.363 e. The summed E-state index contributed by atoms with van der Waals surface area (Å²) < 4.78 is 11.9. The summed E-state index contributed by atoms with van der Waals surface area (Å²) in [5.41, 5.74) is 1.98. The van der Waals surface area contributed by atoms with Gasteiger partial charge in [0, 0.05) is 24.4 Å². The summed E-state index contributed by atoms with van der Waals surface area (Å²) in [7, 11) is 1.41. The third kappa shape index (κ3) is 4.15. The summed E-state index contributed by atoms with van der Waals surface area (Å²) in [6.07, 6.45) is 2.85. The Morgan fingerprint density at radius 2 is 1.97 bits per heavy atom. The molecule has 32 heavy (non-hydrogen) atoms. The fourth-order valence-corrected chi connectivity index (χ4v) is 3.59. The van der Waals surface area contributed by atoms with Gasteiger partial charge in [0.15, 0.2) is 12.4 Å². The van der Waals surface area contributed by atoms with E-state index >= 15 is 0 Å². The van der Waals surface area contributed by atoms with Crippen LogP contribution in [-0.4, -0.2) is 46.8 Å². The highest BCUT2D eigenvalue weighted by Crippen LogP contribution is 2.30. The summed E-state index contributed by atoms with van der Waals surface area (Å²) in [5.74, 6) is -0.984. The van der Waals surface area contributed by atoms with Gasteiger partial charge in [-0.15, -0.1) is 0 Å². The third-order valence-electron chi connectivity index (χ3n) is 5.13. The second kappa shape index (κ2) is 8.88. The number of nitro groups is 1. The van der Waals surface area contributed by atoms with Gasteiger partial charge in [-0.3, -0.25) is 14.9 Å². The maximum absolute atomic E-state index is 12.8. The average Bonchev–Trinajstić information content (AvgIpc) is 3.27. The number of carbonyl (C=O) groups is 2. The lowest BCUT2D eigenvalue weighted by atomic mass is 10.0. The van der Waals surface area contributed by atoms with E-state index in [0.29, 0.717) is 30.6 Å². The standard InChI is InChI=1S/C22H20N4O6/c1-31-19-13-25(16-7-3-2-4-8-16)23-21(19)22(28)32-14-20(27)24-11-5-6-15-12-17(26(29)30)9-10-18(15)24/h2-4,7-10,12-13H,5-6,11,14H2,1H3. The Balaban J connectivity index is 1.47. The van der Waals surface area contributed by atoms with E-state index in [1.165, 1.54) is 28.8 Å². The number of carbonyl (C=O) groups excluding carboxylic acids is 2. The van der Waals surface area contributed by atoms with Gasteiger partial charge < -0.3 is 14.4 Å². The molecule has 0 radical (unpaired) electrons. The summed E-state index contributed by atoms with van der Waals surface area (Å²) in [5, 5.41) is 15.2. The van der Waals surface area contributed by atoms with Gasteiger partial charge in [-0.1, -0.05) is 18.2 Å². The number of amides is 1. The summed E-state index contributed by atoms with van der Waals surface area (Å²) in [4.78, 5) is 37.4. The number of benzene rings is 2. The average molecular weight is 436 g/mol. The number of methoxy groups -OCH3 is 1. The molecule has 0 bridgehead atoms. The highest BCUT2D eigenvalue weighted by molar-refractivity contribution is 5.98. The molecule has 1 amide bonds. The van der Waals surface area contributed by atoms with Gasteiger partial charge in [0.25, 0.3) is 11.6 Å². The van der Waals surface area contributed by atoms with Gasteiger partial charge in [-0.2, -0.15) is 5.10 Å². The third-order valence-corrected chi connectivity index (χ3v) is 5.13. The van der Waals surface area contributed by atoms with Crippen molar-refractivity contribution in [3.8, 4) is 11.4 Å². The maximum atomic E-state index is 12.8. The minimum absolute atomic E-state index is 0.0226. The van der Waals surface area contributed by atoms with Gasteiger partial charge >= 0.3 is 5.97 Å². The SMILES string of the molecule is COc1cn(-c2ccccc2)nc1C(=O)OCC(=O)N1CCCc2cc([N+](=O)[O-])ccc21. The van der Waals surface area contributed by atoms with Crippen molar-refractivity contribution in [3.05, 3.63) is 76.1 Å². The van der Waals surface area contributed by atoms with E-state index in [1.54, 1.807) is 12.3 Å². The first kappa shape index (κ1) is 21.0. The van der Waals surface area contributed by atoms with E-state index in [2.05, 4.69) is 5.10 Å². The number of hydrogen-bond acceptors (Lipinski definition) is 7. The number of aryl methyl sites for hydroxylation is 1. The van der Waals surface area contributed by atoms with Crippen molar-refractivity contribution in [2.45, 2.75) is 12.8 Å². The molecule has 4 rings (SSSR count). The molecule has 0 spiro atoms. The van der Waals surface area contributed by atoms with E-state index in [1.807, 2.05) is 30.3 Å². The van der Waals surface area contributed by atoms with Gasteiger partial charge in [-0.25, -0.2) is 9.48 Å². The fraction of sp³-hybridized carbons (Fsp3) is 0.227. The zero-order chi connectivity index (χ0) is 22.7. The molecular formula is C22H20N4O6. The lowest BCUT2D eigenvalue weighted by Crippen LogP contribution is -2.38. The molecule has 0 N–H and O–H groups in total. The number of nitrogens with zero attached hydrogens (tertiary/aromatic N) is 4. The van der Waals surface area contributed by atoms with Crippen LogP contribution in [0, 0.1) is 10.1 Å². The summed E-state index contributed by atoms with van der Waals surface area (Å²) >= 11 is 0. The van der Waals surface area contributed by atoms with Crippen molar-refractivity contribution in [2.24, 2.45) is 0 Å². The van der Waals surface area contributed by atoms with Gasteiger partial charge in [0.05, 0.1) is 23.9 Å². The van der Waals surface area contributed by atoms with Gasteiger partial charge in [0.2, 0.25) is 5.69 Å². The largest absolute Gasteiger partial charge is 0.493 e. The van der Waals surface area contributed by atoms with Crippen molar-refractivity contribution >= 4 is 23.3 Å². The molecule has 2 aromatic carbocycles. The van der Waals surface area contributed by atoms with Crippen molar-refractivity contribution < 1.29 is 24.0 Å². The van der Waals surface area contributed by atoms with Gasteiger partial charge in [-0.05, 0) is 36.6 Å². The first-order valence-corrected chi connectivity index (χ1v) is 9.92. The summed E-state index contributed by atoms with van der Waals surface area (Å²) in [6.45, 7) is -0.0518. The molecule has 1 aliphatic rings. The molecule has 3 aromatic rings. The quantitative estimate of drug-likeness (QED) is 0.331. The molecule has 0 saturated carbocycles. The van der Waals surface area contributed by atoms with Crippen LogP contribution in [-0.2, 0) is 16.0 Å². The van der Waals surface area contributed by atoms with Gasteiger partial charge in [0.1, 0.15) is 0 Å². The lowest BCUT2D eigenvalue weighted by Gasteiger charge is -2.29. The number of nitro benzene ring substituents is 1. The van der Waals surface area contributed by atoms with Crippen LogP contribution in [0.2, 0.25) is 0 Å². The number of hydrogen-bond donors (Lipinski definition) is 0. The number of ether oxygens (including phenoxy) is 2. The van der Waals surface area contributed by atoms with Crippen molar-refractivity contribution in [2.75, 3.05) is 25.2 Å². The molecular weight excluding hydrogens is 416 g/mol. The van der Waals surface area contributed by atoms with Crippen LogP contribution >= 0.6 is 0 Å². The number of rotatable bonds is 6. The van der Waals surface area contributed by atoms with E-state index in [-0.39, 0.29) is 17.1 Å². The Morgan fingerprint density at radius 1 is 1.19 bits per heavy atom. The minimum Gasteiger partial charge on any atom is -0.493 e. The van der Waals surface area contributed by atoms with Crippen molar-refractivity contribution in [1.29, 1.82) is 0 Å². The Kier molecular flexibility index (Phi) is 5.84. The summed E-state index contributed by atoms with van der Waals surface area (Å²) in [6, 6.07) is 13.6. The molecule has 0 fully saturated rings. The number of para-hydroxylation sites is 1. The number of non-ortho nitro benzene ring substituents is 1. The monoisotopic (exact) mass is 436 g/mol. The van der Waals surface area contributed by atoms with Crippen molar-refractivity contribution in [3.63, 3.8) is 0 Å². The minimum atomic E-state index is -0.786. The molecule has 2 heterocycles. The molecule has 10 nitrogen and oxygen atoms in total. The molecule has 1 aromatic heterocycles. The first-order valence-electron chi connectivity index (χ1n) is 9.92. The predicted molar refractivity (Wildman–Crippen MR) is 114 cm³/mol. The molecule has 0 atom stereocenters. The second-order valence-corrected chi connectivity index (χ2v) is 7.12. The number of esters is 1. The fourth-order valence-electron chi connectivity index (χ4n) is 3.59. The normalized spacial score (nSPS) is 12.7. The molecule has 10 heteroatoms. The second-order valence-electron chi connectivity index (χ2n) is 7.12. The van der Waals surface area contributed by atoms with Crippen molar-refractivity contribution in [1.82, 2.24) is 9.78 Å². The number of aromatic nitrogens is 2. The molecule has 1 aliphatic heterocycles. The van der Waals surface area contributed by atoms with Crippen LogP contribution in [0.1, 0.15) is 22.5 Å². The molecule has 0 unspecified atom stereocenters. The number of fused-ring (bicyclic) bond motifs is 1. The lowest BCUT2D eigenvalue weighted by molar-refractivity contribution is -0.384. The highest BCUT2D eigenvalue weighted by Gasteiger charge is 2.26.